The standard InChI is InChI=1S/C11H11F2N3O2/c1-7(17)10-6-16(15-14-10)8-2-4-9(5-3-8)18-11(12)13/h2-7,11,17H,1H3. The van der Waals surface area contributed by atoms with E-state index in [9.17, 15) is 13.9 Å². The third kappa shape index (κ3) is 2.80. The van der Waals surface area contributed by atoms with Crippen molar-refractivity contribution in [3.63, 3.8) is 0 Å². The van der Waals surface area contributed by atoms with Crippen LogP contribution in [0.2, 0.25) is 0 Å². The Morgan fingerprint density at radius 1 is 1.28 bits per heavy atom. The predicted molar refractivity (Wildman–Crippen MR) is 58.6 cm³/mol. The molecule has 1 N–H and O–H groups in total. The van der Waals surface area contributed by atoms with Crippen LogP contribution in [-0.2, 0) is 0 Å². The Morgan fingerprint density at radius 3 is 2.44 bits per heavy atom. The Labute approximate surface area is 102 Å². The number of hydrogen-bond acceptors (Lipinski definition) is 4. The van der Waals surface area contributed by atoms with Gasteiger partial charge in [0.1, 0.15) is 11.4 Å². The van der Waals surface area contributed by atoms with Crippen LogP contribution < -0.4 is 4.74 Å². The van der Waals surface area contributed by atoms with Crippen molar-refractivity contribution in [2.45, 2.75) is 19.6 Å². The number of alkyl halides is 2. The van der Waals surface area contributed by atoms with Gasteiger partial charge < -0.3 is 9.84 Å². The summed E-state index contributed by atoms with van der Waals surface area (Å²) in [5.41, 5.74) is 1.07. The summed E-state index contributed by atoms with van der Waals surface area (Å²) in [5.74, 6) is 0.0737. The maximum Gasteiger partial charge on any atom is 0.387 e. The maximum absolute atomic E-state index is 12.0. The summed E-state index contributed by atoms with van der Waals surface area (Å²) >= 11 is 0. The Hall–Kier alpha value is -2.02. The number of aromatic nitrogens is 3. The lowest BCUT2D eigenvalue weighted by Gasteiger charge is -2.05. The van der Waals surface area contributed by atoms with E-state index in [-0.39, 0.29) is 5.75 Å². The van der Waals surface area contributed by atoms with E-state index in [1.165, 1.54) is 16.8 Å². The fraction of sp³-hybridized carbons (Fsp3) is 0.273. The van der Waals surface area contributed by atoms with Crippen molar-refractivity contribution in [2.24, 2.45) is 0 Å². The Bertz CT molecular complexity index is 511. The molecule has 0 saturated heterocycles. The monoisotopic (exact) mass is 255 g/mol. The third-order valence-corrected chi connectivity index (χ3v) is 2.27. The Kier molecular flexibility index (Phi) is 3.52. The van der Waals surface area contributed by atoms with Crippen molar-refractivity contribution in [3.05, 3.63) is 36.2 Å². The molecule has 18 heavy (non-hydrogen) atoms. The second kappa shape index (κ2) is 5.09. The van der Waals surface area contributed by atoms with Crippen molar-refractivity contribution in [2.75, 3.05) is 0 Å². The van der Waals surface area contributed by atoms with E-state index < -0.39 is 12.7 Å². The minimum absolute atomic E-state index is 0.0737. The zero-order chi connectivity index (χ0) is 13.1. The molecule has 1 atom stereocenters. The quantitative estimate of drug-likeness (QED) is 0.906. The van der Waals surface area contributed by atoms with Gasteiger partial charge in [0.2, 0.25) is 0 Å². The van der Waals surface area contributed by atoms with Crippen LogP contribution in [0.5, 0.6) is 5.75 Å². The zero-order valence-corrected chi connectivity index (χ0v) is 9.49. The van der Waals surface area contributed by atoms with Crippen molar-refractivity contribution in [1.29, 1.82) is 0 Å². The van der Waals surface area contributed by atoms with Gasteiger partial charge in [-0.1, -0.05) is 5.21 Å². The van der Waals surface area contributed by atoms with Gasteiger partial charge in [0, 0.05) is 0 Å². The van der Waals surface area contributed by atoms with Gasteiger partial charge in [0.05, 0.1) is 18.0 Å². The maximum atomic E-state index is 12.0. The number of aliphatic hydroxyl groups excluding tert-OH is 1. The summed E-state index contributed by atoms with van der Waals surface area (Å²) in [4.78, 5) is 0. The fourth-order valence-corrected chi connectivity index (χ4v) is 1.37. The van der Waals surface area contributed by atoms with Gasteiger partial charge >= 0.3 is 6.61 Å². The number of aliphatic hydroxyl groups is 1. The van der Waals surface area contributed by atoms with E-state index in [1.54, 1.807) is 25.3 Å². The van der Waals surface area contributed by atoms with E-state index >= 15 is 0 Å². The normalized spacial score (nSPS) is 12.7. The molecule has 2 aromatic rings. The lowest BCUT2D eigenvalue weighted by atomic mass is 10.3. The molecule has 5 nitrogen and oxygen atoms in total. The van der Waals surface area contributed by atoms with Gasteiger partial charge in [0.25, 0.3) is 0 Å². The first-order chi connectivity index (χ1) is 8.56. The molecule has 0 aliphatic heterocycles. The average Bonchev–Trinajstić information content (AvgIpc) is 2.78. The highest BCUT2D eigenvalue weighted by molar-refractivity contribution is 5.36. The molecule has 0 saturated carbocycles. The topological polar surface area (TPSA) is 60.2 Å². The summed E-state index contributed by atoms with van der Waals surface area (Å²) < 4.78 is 29.6. The highest BCUT2D eigenvalue weighted by Crippen LogP contribution is 2.17. The van der Waals surface area contributed by atoms with Crippen LogP contribution in [0.25, 0.3) is 5.69 Å². The van der Waals surface area contributed by atoms with Crippen LogP contribution in [0, 0.1) is 0 Å². The summed E-state index contributed by atoms with van der Waals surface area (Å²) in [7, 11) is 0. The third-order valence-electron chi connectivity index (χ3n) is 2.27. The molecule has 0 fully saturated rings. The number of benzene rings is 1. The van der Waals surface area contributed by atoms with Gasteiger partial charge in [-0.2, -0.15) is 8.78 Å². The molecule has 0 aliphatic carbocycles. The zero-order valence-electron chi connectivity index (χ0n) is 9.49. The predicted octanol–water partition coefficient (Wildman–Crippen LogP) is 1.92. The Morgan fingerprint density at radius 2 is 1.94 bits per heavy atom. The number of halogens is 2. The number of nitrogens with zero attached hydrogens (tertiary/aromatic N) is 3. The molecule has 0 spiro atoms. The fourth-order valence-electron chi connectivity index (χ4n) is 1.37. The molecule has 0 aliphatic rings. The molecule has 1 aromatic heterocycles. The van der Waals surface area contributed by atoms with Crippen LogP contribution in [0.15, 0.2) is 30.5 Å². The minimum Gasteiger partial charge on any atom is -0.435 e. The molecule has 2 rings (SSSR count). The molecule has 1 unspecified atom stereocenters. The van der Waals surface area contributed by atoms with Gasteiger partial charge in [-0.3, -0.25) is 0 Å². The van der Waals surface area contributed by atoms with E-state index in [4.69, 9.17) is 0 Å². The molecule has 0 amide bonds. The Balaban J connectivity index is 2.17. The molecular weight excluding hydrogens is 244 g/mol. The van der Waals surface area contributed by atoms with Crippen molar-refractivity contribution in [1.82, 2.24) is 15.0 Å². The summed E-state index contributed by atoms with van der Waals surface area (Å²) in [6, 6.07) is 5.95. The highest BCUT2D eigenvalue weighted by Gasteiger charge is 2.08. The van der Waals surface area contributed by atoms with E-state index in [2.05, 4.69) is 15.0 Å². The van der Waals surface area contributed by atoms with E-state index in [0.717, 1.165) is 0 Å². The van der Waals surface area contributed by atoms with Gasteiger partial charge in [-0.05, 0) is 31.2 Å². The minimum atomic E-state index is -2.84. The molecule has 1 aromatic carbocycles. The van der Waals surface area contributed by atoms with Gasteiger partial charge in [0.15, 0.2) is 0 Å². The molecular formula is C11H11F2N3O2. The van der Waals surface area contributed by atoms with E-state index in [1.807, 2.05) is 0 Å². The number of ether oxygens (including phenoxy) is 1. The number of rotatable bonds is 4. The summed E-state index contributed by atoms with van der Waals surface area (Å²) in [6.07, 6.45) is 0.855. The molecule has 1 heterocycles. The number of hydrogen-bond donors (Lipinski definition) is 1. The van der Waals surface area contributed by atoms with Crippen LogP contribution in [0.1, 0.15) is 18.7 Å². The van der Waals surface area contributed by atoms with Crippen LogP contribution in [0.3, 0.4) is 0 Å². The van der Waals surface area contributed by atoms with Gasteiger partial charge in [-0.15, -0.1) is 5.10 Å². The summed E-state index contributed by atoms with van der Waals surface area (Å²) in [5, 5.41) is 16.9. The van der Waals surface area contributed by atoms with Crippen molar-refractivity contribution < 1.29 is 18.6 Å². The average molecular weight is 255 g/mol. The van der Waals surface area contributed by atoms with Gasteiger partial charge in [-0.25, -0.2) is 4.68 Å². The first-order valence-corrected chi connectivity index (χ1v) is 5.22. The molecule has 0 radical (unpaired) electrons. The van der Waals surface area contributed by atoms with Crippen molar-refractivity contribution in [3.8, 4) is 11.4 Å². The second-order valence-corrected chi connectivity index (χ2v) is 3.64. The lowest BCUT2D eigenvalue weighted by Crippen LogP contribution is -2.02. The first kappa shape index (κ1) is 12.4. The first-order valence-electron chi connectivity index (χ1n) is 5.22. The summed E-state index contributed by atoms with van der Waals surface area (Å²) in [6.45, 7) is -1.27. The lowest BCUT2D eigenvalue weighted by molar-refractivity contribution is -0.0498. The SMILES string of the molecule is CC(O)c1cn(-c2ccc(OC(F)F)cc2)nn1. The largest absolute Gasteiger partial charge is 0.435 e. The molecule has 0 bridgehead atoms. The molecule has 96 valence electrons. The smallest absolute Gasteiger partial charge is 0.387 e. The second-order valence-electron chi connectivity index (χ2n) is 3.64. The van der Waals surface area contributed by atoms with Crippen LogP contribution in [0.4, 0.5) is 8.78 Å². The van der Waals surface area contributed by atoms with Crippen molar-refractivity contribution >= 4 is 0 Å². The van der Waals surface area contributed by atoms with E-state index in [0.29, 0.717) is 11.4 Å². The molecule has 7 heteroatoms. The van der Waals surface area contributed by atoms with Crippen LogP contribution >= 0.6 is 0 Å². The highest BCUT2D eigenvalue weighted by atomic mass is 19.3. The van der Waals surface area contributed by atoms with Crippen LogP contribution in [-0.4, -0.2) is 26.7 Å².